The zero-order valence-electron chi connectivity index (χ0n) is 9.99. The number of hydrogen-bond acceptors (Lipinski definition) is 6. The first-order valence-corrected chi connectivity index (χ1v) is 6.17. The van der Waals surface area contributed by atoms with Crippen LogP contribution in [-0.2, 0) is 6.54 Å². The molecule has 0 aromatic carbocycles. The van der Waals surface area contributed by atoms with Gasteiger partial charge in [-0.1, -0.05) is 0 Å². The van der Waals surface area contributed by atoms with Gasteiger partial charge in [-0.15, -0.1) is 11.3 Å². The first-order valence-electron chi connectivity index (χ1n) is 5.23. The summed E-state index contributed by atoms with van der Waals surface area (Å²) in [5.74, 6) is -0.0849. The second kappa shape index (κ2) is 5.09. The number of thiazole rings is 1. The molecule has 0 fully saturated rings. The molecular weight excluding hydrogens is 252 g/mol. The van der Waals surface area contributed by atoms with E-state index >= 15 is 0 Å². The molecule has 94 valence electrons. The minimum Gasteiger partial charge on any atom is -0.477 e. The van der Waals surface area contributed by atoms with Crippen molar-refractivity contribution in [2.24, 2.45) is 0 Å². The van der Waals surface area contributed by atoms with Crippen LogP contribution in [0.5, 0.6) is 0 Å². The summed E-state index contributed by atoms with van der Waals surface area (Å²) >= 11 is 1.50. The number of hydrogen-bond donors (Lipinski definition) is 1. The minimum atomic E-state index is -1.03. The van der Waals surface area contributed by atoms with Gasteiger partial charge < -0.3 is 10.0 Å². The van der Waals surface area contributed by atoms with Gasteiger partial charge >= 0.3 is 5.97 Å². The molecule has 6 nitrogen and oxygen atoms in total. The highest BCUT2D eigenvalue weighted by atomic mass is 32.1. The van der Waals surface area contributed by atoms with Crippen molar-refractivity contribution in [2.75, 3.05) is 11.9 Å². The van der Waals surface area contributed by atoms with Crippen molar-refractivity contribution in [1.29, 1.82) is 0 Å². The third kappa shape index (κ3) is 2.62. The number of aromatic nitrogens is 3. The fourth-order valence-corrected chi connectivity index (χ4v) is 2.08. The van der Waals surface area contributed by atoms with Gasteiger partial charge in [0.25, 0.3) is 0 Å². The van der Waals surface area contributed by atoms with E-state index in [0.29, 0.717) is 18.2 Å². The van der Waals surface area contributed by atoms with Gasteiger partial charge in [0.15, 0.2) is 0 Å². The largest absolute Gasteiger partial charge is 0.477 e. The van der Waals surface area contributed by atoms with Crippen molar-refractivity contribution in [3.63, 3.8) is 0 Å². The van der Waals surface area contributed by atoms with Crippen LogP contribution >= 0.6 is 11.3 Å². The molecule has 0 aliphatic rings. The average Bonchev–Trinajstić information content (AvgIpc) is 2.81. The summed E-state index contributed by atoms with van der Waals surface area (Å²) in [6.45, 7) is 2.24. The molecule has 0 amide bonds. The Labute approximate surface area is 108 Å². The molecule has 7 heteroatoms. The number of aryl methyl sites for hydroxylation is 1. The molecule has 2 aromatic rings. The van der Waals surface area contributed by atoms with Gasteiger partial charge in [0.1, 0.15) is 17.2 Å². The monoisotopic (exact) mass is 264 g/mol. The van der Waals surface area contributed by atoms with Crippen LogP contribution in [0.25, 0.3) is 0 Å². The van der Waals surface area contributed by atoms with E-state index in [9.17, 15) is 4.79 Å². The second-order valence-corrected chi connectivity index (χ2v) is 4.51. The van der Waals surface area contributed by atoms with Gasteiger partial charge in [0.2, 0.25) is 0 Å². The SMILES string of the molecule is Cc1ncc(C(=O)O)c(N(C)Cc2cscn2)n1. The molecule has 18 heavy (non-hydrogen) atoms. The topological polar surface area (TPSA) is 79.2 Å². The normalized spacial score (nSPS) is 10.3. The van der Waals surface area contributed by atoms with E-state index in [2.05, 4.69) is 15.0 Å². The van der Waals surface area contributed by atoms with Gasteiger partial charge in [-0.05, 0) is 6.92 Å². The third-order valence-corrected chi connectivity index (χ3v) is 3.00. The molecule has 2 heterocycles. The van der Waals surface area contributed by atoms with Crippen molar-refractivity contribution in [3.8, 4) is 0 Å². The molecule has 0 unspecified atom stereocenters. The molecule has 0 aliphatic carbocycles. The number of rotatable bonds is 4. The van der Waals surface area contributed by atoms with Crippen LogP contribution in [0.1, 0.15) is 21.9 Å². The van der Waals surface area contributed by atoms with E-state index in [1.54, 1.807) is 24.4 Å². The molecule has 0 spiro atoms. The molecular formula is C11H12N4O2S. The number of aromatic carboxylic acids is 1. The van der Waals surface area contributed by atoms with Crippen molar-refractivity contribution < 1.29 is 9.90 Å². The fraction of sp³-hybridized carbons (Fsp3) is 0.273. The average molecular weight is 264 g/mol. The van der Waals surface area contributed by atoms with Gasteiger partial charge in [-0.25, -0.2) is 19.7 Å². The molecule has 0 aliphatic heterocycles. The van der Waals surface area contributed by atoms with Crippen LogP contribution in [0.4, 0.5) is 5.82 Å². The fourth-order valence-electron chi connectivity index (χ4n) is 1.53. The van der Waals surface area contributed by atoms with E-state index in [4.69, 9.17) is 5.11 Å². The lowest BCUT2D eigenvalue weighted by molar-refractivity contribution is 0.0696. The molecule has 0 saturated heterocycles. The van der Waals surface area contributed by atoms with Gasteiger partial charge in [0, 0.05) is 18.6 Å². The minimum absolute atomic E-state index is 0.0957. The molecule has 0 saturated carbocycles. The smallest absolute Gasteiger partial charge is 0.341 e. The van der Waals surface area contributed by atoms with Crippen LogP contribution in [0.15, 0.2) is 17.1 Å². The first kappa shape index (κ1) is 12.4. The van der Waals surface area contributed by atoms with E-state index in [-0.39, 0.29) is 5.56 Å². The van der Waals surface area contributed by atoms with Crippen LogP contribution in [0.2, 0.25) is 0 Å². The van der Waals surface area contributed by atoms with Crippen LogP contribution < -0.4 is 4.90 Å². The van der Waals surface area contributed by atoms with Gasteiger partial charge in [0.05, 0.1) is 17.7 Å². The van der Waals surface area contributed by atoms with E-state index in [1.807, 2.05) is 5.38 Å². The predicted octanol–water partition coefficient (Wildman–Crippen LogP) is 1.58. The Bertz CT molecular complexity index is 556. The lowest BCUT2D eigenvalue weighted by Gasteiger charge is -2.18. The highest BCUT2D eigenvalue weighted by Gasteiger charge is 2.16. The maximum Gasteiger partial charge on any atom is 0.341 e. The van der Waals surface area contributed by atoms with E-state index < -0.39 is 5.97 Å². The second-order valence-electron chi connectivity index (χ2n) is 3.80. The number of anilines is 1. The number of carboxylic acids is 1. The predicted molar refractivity (Wildman–Crippen MR) is 67.9 cm³/mol. The number of carbonyl (C=O) groups is 1. The number of nitrogens with zero attached hydrogens (tertiary/aromatic N) is 4. The van der Waals surface area contributed by atoms with Crippen molar-refractivity contribution in [3.05, 3.63) is 34.2 Å². The molecule has 0 radical (unpaired) electrons. The van der Waals surface area contributed by atoms with Crippen LogP contribution in [-0.4, -0.2) is 33.1 Å². The van der Waals surface area contributed by atoms with Crippen LogP contribution in [0, 0.1) is 6.92 Å². The Kier molecular flexibility index (Phi) is 3.52. The molecule has 2 aromatic heterocycles. The lowest BCUT2D eigenvalue weighted by Crippen LogP contribution is -2.21. The summed E-state index contributed by atoms with van der Waals surface area (Å²) < 4.78 is 0. The molecule has 0 atom stereocenters. The summed E-state index contributed by atoms with van der Waals surface area (Å²) in [5.41, 5.74) is 2.72. The standard InChI is InChI=1S/C11H12N4O2S/c1-7-12-3-9(11(16)17)10(14-7)15(2)4-8-5-18-6-13-8/h3,5-6H,4H2,1-2H3,(H,16,17). The summed E-state index contributed by atoms with van der Waals surface area (Å²) in [6, 6.07) is 0. The summed E-state index contributed by atoms with van der Waals surface area (Å²) in [6.07, 6.45) is 1.33. The highest BCUT2D eigenvalue weighted by molar-refractivity contribution is 7.07. The van der Waals surface area contributed by atoms with Crippen molar-refractivity contribution >= 4 is 23.1 Å². The van der Waals surface area contributed by atoms with Crippen LogP contribution in [0.3, 0.4) is 0 Å². The maximum absolute atomic E-state index is 11.1. The quantitative estimate of drug-likeness (QED) is 0.903. The maximum atomic E-state index is 11.1. The van der Waals surface area contributed by atoms with Crippen molar-refractivity contribution in [2.45, 2.75) is 13.5 Å². The lowest BCUT2D eigenvalue weighted by atomic mass is 10.3. The molecule has 0 bridgehead atoms. The summed E-state index contributed by atoms with van der Waals surface area (Å²) in [7, 11) is 1.79. The summed E-state index contributed by atoms with van der Waals surface area (Å²) in [4.78, 5) is 25.1. The Morgan fingerprint density at radius 3 is 2.89 bits per heavy atom. The number of carboxylic acid groups (broad SMARTS) is 1. The van der Waals surface area contributed by atoms with Gasteiger partial charge in [-0.2, -0.15) is 0 Å². The molecule has 2 rings (SSSR count). The zero-order chi connectivity index (χ0) is 13.1. The van der Waals surface area contributed by atoms with Gasteiger partial charge in [-0.3, -0.25) is 0 Å². The van der Waals surface area contributed by atoms with E-state index in [0.717, 1.165) is 5.69 Å². The summed E-state index contributed by atoms with van der Waals surface area (Å²) in [5, 5.41) is 11.0. The van der Waals surface area contributed by atoms with Crippen molar-refractivity contribution in [1.82, 2.24) is 15.0 Å². The Morgan fingerprint density at radius 2 is 2.28 bits per heavy atom. The Balaban J connectivity index is 2.31. The molecule has 1 N–H and O–H groups in total. The Hall–Kier alpha value is -2.02. The third-order valence-electron chi connectivity index (χ3n) is 2.36. The zero-order valence-corrected chi connectivity index (χ0v) is 10.8. The Morgan fingerprint density at radius 1 is 1.50 bits per heavy atom. The van der Waals surface area contributed by atoms with E-state index in [1.165, 1.54) is 17.5 Å². The first-order chi connectivity index (χ1) is 8.58. The highest BCUT2D eigenvalue weighted by Crippen LogP contribution is 2.18.